The van der Waals surface area contributed by atoms with E-state index in [0.29, 0.717) is 30.5 Å². The summed E-state index contributed by atoms with van der Waals surface area (Å²) in [6, 6.07) is 6.43. The fourth-order valence-corrected chi connectivity index (χ4v) is 5.02. The highest BCUT2D eigenvalue weighted by molar-refractivity contribution is 7.89. The van der Waals surface area contributed by atoms with Crippen molar-refractivity contribution < 1.29 is 13.2 Å². The Labute approximate surface area is 145 Å². The summed E-state index contributed by atoms with van der Waals surface area (Å²) in [6.07, 6.45) is 1.13. The Kier molecular flexibility index (Phi) is 6.04. The highest BCUT2D eigenvalue weighted by Crippen LogP contribution is 2.24. The molecule has 5 nitrogen and oxygen atoms in total. The molecule has 0 N–H and O–H groups in total. The molecule has 6 heteroatoms. The van der Waals surface area contributed by atoms with Crippen LogP contribution in [-0.4, -0.2) is 49.7 Å². The average molecular weight is 353 g/mol. The number of nitrogens with zero attached hydrogens (tertiary/aromatic N) is 2. The fourth-order valence-electron chi connectivity index (χ4n) is 3.51. The Hall–Kier alpha value is -1.40. The third kappa shape index (κ3) is 3.98. The number of hydrogen-bond donors (Lipinski definition) is 0. The lowest BCUT2D eigenvalue weighted by atomic mass is 9.91. The second-order valence-electron chi connectivity index (χ2n) is 6.77. The maximum Gasteiger partial charge on any atom is 0.253 e. The molecular formula is C18H28N2O3S. The molecule has 0 aromatic heterocycles. The molecule has 0 bridgehead atoms. The van der Waals surface area contributed by atoms with Crippen LogP contribution in [0.1, 0.15) is 44.5 Å². The molecule has 0 spiro atoms. The van der Waals surface area contributed by atoms with Gasteiger partial charge < -0.3 is 4.90 Å². The lowest BCUT2D eigenvalue weighted by molar-refractivity contribution is 0.0623. The minimum absolute atomic E-state index is 0.0787. The van der Waals surface area contributed by atoms with Crippen LogP contribution < -0.4 is 0 Å². The number of carbonyl (C=O) groups is 1. The largest absolute Gasteiger partial charge is 0.338 e. The molecule has 24 heavy (non-hydrogen) atoms. The number of hydrogen-bond acceptors (Lipinski definition) is 3. The van der Waals surface area contributed by atoms with Crippen LogP contribution in [0.15, 0.2) is 29.2 Å². The van der Waals surface area contributed by atoms with Crippen LogP contribution in [0.2, 0.25) is 0 Å². The van der Waals surface area contributed by atoms with Gasteiger partial charge in [0.1, 0.15) is 0 Å². The third-order valence-corrected chi connectivity index (χ3v) is 6.63. The predicted molar refractivity (Wildman–Crippen MR) is 95.4 cm³/mol. The topological polar surface area (TPSA) is 57.7 Å². The zero-order valence-corrected chi connectivity index (χ0v) is 15.8. The van der Waals surface area contributed by atoms with E-state index < -0.39 is 10.0 Å². The third-order valence-electron chi connectivity index (χ3n) is 4.58. The molecule has 1 amide bonds. The first-order valence-corrected chi connectivity index (χ1v) is 10.1. The molecule has 1 heterocycles. The van der Waals surface area contributed by atoms with Crippen molar-refractivity contribution in [3.05, 3.63) is 29.8 Å². The predicted octanol–water partition coefficient (Wildman–Crippen LogP) is 2.84. The molecule has 1 fully saturated rings. The van der Waals surface area contributed by atoms with E-state index in [9.17, 15) is 13.2 Å². The average Bonchev–Trinajstić information content (AvgIpc) is 2.54. The van der Waals surface area contributed by atoms with Crippen molar-refractivity contribution in [3.8, 4) is 0 Å². The number of piperidine rings is 1. The Morgan fingerprint density at radius 1 is 1.17 bits per heavy atom. The van der Waals surface area contributed by atoms with E-state index in [2.05, 4.69) is 13.8 Å². The van der Waals surface area contributed by atoms with Gasteiger partial charge in [0.25, 0.3) is 5.91 Å². The molecule has 0 unspecified atom stereocenters. The van der Waals surface area contributed by atoms with E-state index in [0.717, 1.165) is 19.5 Å². The van der Waals surface area contributed by atoms with Crippen molar-refractivity contribution in [2.45, 2.75) is 39.0 Å². The minimum Gasteiger partial charge on any atom is -0.338 e. The van der Waals surface area contributed by atoms with Gasteiger partial charge in [0.05, 0.1) is 4.90 Å². The summed E-state index contributed by atoms with van der Waals surface area (Å²) in [5, 5.41) is 0. The normalized spacial score (nSPS) is 22.0. The zero-order chi connectivity index (χ0) is 17.9. The molecule has 134 valence electrons. The van der Waals surface area contributed by atoms with Gasteiger partial charge in [-0.3, -0.25) is 4.79 Å². The summed E-state index contributed by atoms with van der Waals surface area (Å²) in [5.74, 6) is 0.866. The second-order valence-corrected chi connectivity index (χ2v) is 8.71. The van der Waals surface area contributed by atoms with Gasteiger partial charge in [-0.25, -0.2) is 8.42 Å². The van der Waals surface area contributed by atoms with E-state index in [1.165, 1.54) is 10.4 Å². The Bertz CT molecular complexity index is 673. The van der Waals surface area contributed by atoms with E-state index in [4.69, 9.17) is 0 Å². The van der Waals surface area contributed by atoms with Crippen molar-refractivity contribution in [3.63, 3.8) is 0 Å². The van der Waals surface area contributed by atoms with E-state index in [1.54, 1.807) is 18.2 Å². The lowest BCUT2D eigenvalue weighted by Gasteiger charge is -2.35. The molecule has 2 atom stereocenters. The smallest absolute Gasteiger partial charge is 0.253 e. The van der Waals surface area contributed by atoms with E-state index >= 15 is 0 Å². The lowest BCUT2D eigenvalue weighted by Crippen LogP contribution is -2.42. The van der Waals surface area contributed by atoms with Gasteiger partial charge in [0.15, 0.2) is 0 Å². The number of likely N-dealkylation sites (tertiary alicyclic amines) is 1. The number of amides is 1. The van der Waals surface area contributed by atoms with Crippen molar-refractivity contribution in [1.29, 1.82) is 0 Å². The Morgan fingerprint density at radius 2 is 1.75 bits per heavy atom. The van der Waals surface area contributed by atoms with Crippen LogP contribution >= 0.6 is 0 Å². The maximum absolute atomic E-state index is 12.8. The van der Waals surface area contributed by atoms with Gasteiger partial charge in [-0.05, 0) is 36.5 Å². The van der Waals surface area contributed by atoms with Crippen LogP contribution in [0.3, 0.4) is 0 Å². The van der Waals surface area contributed by atoms with Crippen molar-refractivity contribution in [2.24, 2.45) is 11.8 Å². The molecule has 1 saturated heterocycles. The van der Waals surface area contributed by atoms with Crippen molar-refractivity contribution >= 4 is 15.9 Å². The molecular weight excluding hydrogens is 324 g/mol. The molecule has 0 aliphatic carbocycles. The van der Waals surface area contributed by atoms with E-state index in [-0.39, 0.29) is 10.8 Å². The summed E-state index contributed by atoms with van der Waals surface area (Å²) in [6.45, 7) is 10.2. The number of rotatable bonds is 5. The summed E-state index contributed by atoms with van der Waals surface area (Å²) in [4.78, 5) is 14.8. The van der Waals surface area contributed by atoms with Crippen LogP contribution in [0.25, 0.3) is 0 Å². The maximum atomic E-state index is 12.8. The molecule has 1 aromatic carbocycles. The minimum atomic E-state index is -3.55. The summed E-state index contributed by atoms with van der Waals surface area (Å²) in [7, 11) is -3.55. The molecule has 2 rings (SSSR count). The highest BCUT2D eigenvalue weighted by atomic mass is 32.2. The fraction of sp³-hybridized carbons (Fsp3) is 0.611. The molecule has 1 aliphatic heterocycles. The van der Waals surface area contributed by atoms with Crippen LogP contribution in [0.5, 0.6) is 0 Å². The first-order chi connectivity index (χ1) is 11.3. The summed E-state index contributed by atoms with van der Waals surface area (Å²) >= 11 is 0. The molecule has 1 aliphatic rings. The summed E-state index contributed by atoms with van der Waals surface area (Å²) < 4.78 is 26.7. The van der Waals surface area contributed by atoms with Gasteiger partial charge in [0.2, 0.25) is 10.0 Å². The Morgan fingerprint density at radius 3 is 2.29 bits per heavy atom. The molecule has 1 aromatic rings. The van der Waals surface area contributed by atoms with Gasteiger partial charge in [0, 0.05) is 31.7 Å². The molecule has 0 saturated carbocycles. The summed E-state index contributed by atoms with van der Waals surface area (Å²) in [5.41, 5.74) is 0.449. The molecule has 0 radical (unpaired) electrons. The monoisotopic (exact) mass is 352 g/mol. The van der Waals surface area contributed by atoms with Gasteiger partial charge in [-0.15, -0.1) is 0 Å². The SMILES string of the molecule is CCN(CC)S(=O)(=O)c1cccc(C(=O)N2C[C@H](C)C[C@H](C)C2)c1. The Balaban J connectivity index is 2.28. The van der Waals surface area contributed by atoms with E-state index in [1.807, 2.05) is 18.7 Å². The number of carbonyl (C=O) groups excluding carboxylic acids is 1. The number of sulfonamides is 1. The van der Waals surface area contributed by atoms with Gasteiger partial charge in [-0.2, -0.15) is 4.31 Å². The van der Waals surface area contributed by atoms with Crippen molar-refractivity contribution in [2.75, 3.05) is 26.2 Å². The first-order valence-electron chi connectivity index (χ1n) is 8.69. The highest BCUT2D eigenvalue weighted by Gasteiger charge is 2.27. The second kappa shape index (κ2) is 7.66. The van der Waals surface area contributed by atoms with Crippen LogP contribution in [0.4, 0.5) is 0 Å². The van der Waals surface area contributed by atoms with Gasteiger partial charge >= 0.3 is 0 Å². The standard InChI is InChI=1S/C18H28N2O3S/c1-5-20(6-2)24(22,23)17-9-7-8-16(11-17)18(21)19-12-14(3)10-15(4)13-19/h7-9,11,14-15H,5-6,10,12-13H2,1-4H3/t14-,15+. The van der Waals surface area contributed by atoms with Crippen LogP contribution in [0, 0.1) is 11.8 Å². The quantitative estimate of drug-likeness (QED) is 0.819. The van der Waals surface area contributed by atoms with Gasteiger partial charge in [-0.1, -0.05) is 33.8 Å². The van der Waals surface area contributed by atoms with Crippen LogP contribution in [-0.2, 0) is 10.0 Å². The zero-order valence-electron chi connectivity index (χ0n) is 15.0. The first kappa shape index (κ1) is 18.9. The number of benzene rings is 1. The van der Waals surface area contributed by atoms with Crippen molar-refractivity contribution in [1.82, 2.24) is 9.21 Å².